The van der Waals surface area contributed by atoms with Gasteiger partial charge in [0, 0.05) is 54.2 Å². The molecule has 238 valence electrons. The van der Waals surface area contributed by atoms with Crippen LogP contribution in [-0.2, 0) is 14.4 Å². The van der Waals surface area contributed by atoms with E-state index in [1.165, 1.54) is 6.20 Å². The van der Waals surface area contributed by atoms with Crippen molar-refractivity contribution in [1.29, 1.82) is 0 Å². The number of nitrogens with zero attached hydrogens (tertiary/aromatic N) is 4. The van der Waals surface area contributed by atoms with Crippen LogP contribution in [-0.4, -0.2) is 81.9 Å². The van der Waals surface area contributed by atoms with Gasteiger partial charge in [-0.2, -0.15) is 4.73 Å². The molecule has 1 aromatic carbocycles. The molecule has 3 heterocycles. The largest absolute Gasteiger partial charge is 0.618 e. The van der Waals surface area contributed by atoms with Crippen LogP contribution in [0.25, 0.3) is 0 Å². The molecule has 2 saturated heterocycles. The molecule has 2 aliphatic heterocycles. The van der Waals surface area contributed by atoms with E-state index in [9.17, 15) is 19.6 Å². The van der Waals surface area contributed by atoms with Crippen molar-refractivity contribution in [3.63, 3.8) is 0 Å². The van der Waals surface area contributed by atoms with Crippen LogP contribution in [0.3, 0.4) is 0 Å². The third kappa shape index (κ3) is 9.12. The van der Waals surface area contributed by atoms with Gasteiger partial charge in [-0.3, -0.25) is 9.69 Å². The summed E-state index contributed by atoms with van der Waals surface area (Å²) in [6, 6.07) is 10.0. The Hall–Kier alpha value is -3.77. The number of hydrogen-bond donors (Lipinski definition) is 2. The lowest BCUT2D eigenvalue weighted by atomic mass is 9.82. The number of piperidine rings is 2. The lowest BCUT2D eigenvalue weighted by Crippen LogP contribution is -2.57. The first-order valence-electron chi connectivity index (χ1n) is 14.7. The fraction of sp³-hybridized carbons (Fsp3) is 0.469. The maximum atomic E-state index is 13.3. The van der Waals surface area contributed by atoms with Crippen molar-refractivity contribution in [2.24, 2.45) is 11.1 Å². The monoisotopic (exact) mass is 672 g/mol. The Kier molecular flexibility index (Phi) is 12.5. The molecule has 0 atom stereocenters. The molecule has 44 heavy (non-hydrogen) atoms. The number of benzene rings is 1. The third-order valence-corrected chi connectivity index (χ3v) is 8.86. The van der Waals surface area contributed by atoms with Gasteiger partial charge in [0.25, 0.3) is 5.91 Å². The molecule has 0 saturated carbocycles. The van der Waals surface area contributed by atoms with Gasteiger partial charge in [-0.15, -0.1) is 0 Å². The van der Waals surface area contributed by atoms with E-state index in [1.807, 2.05) is 18.7 Å². The molecular weight excluding hydrogens is 632 g/mol. The van der Waals surface area contributed by atoms with Crippen LogP contribution in [0.2, 0.25) is 0 Å². The van der Waals surface area contributed by atoms with Gasteiger partial charge >= 0.3 is 11.9 Å². The second-order valence-corrected chi connectivity index (χ2v) is 12.2. The highest BCUT2D eigenvalue weighted by Crippen LogP contribution is 2.34. The molecule has 4 rings (SSSR count). The van der Waals surface area contributed by atoms with Crippen molar-refractivity contribution in [3.8, 4) is 0 Å². The Labute approximate surface area is 266 Å². The summed E-state index contributed by atoms with van der Waals surface area (Å²) in [5, 5.41) is 32.2. The van der Waals surface area contributed by atoms with Gasteiger partial charge < -0.3 is 25.2 Å². The molecule has 0 spiro atoms. The molecule has 2 aliphatic rings. The number of amides is 1. The zero-order chi connectivity index (χ0) is 32.4. The topological polar surface area (TPSA) is 147 Å². The van der Waals surface area contributed by atoms with E-state index in [-0.39, 0.29) is 11.4 Å². The van der Waals surface area contributed by atoms with Crippen molar-refractivity contribution in [3.05, 3.63) is 80.7 Å². The zero-order valence-corrected chi connectivity index (χ0v) is 27.2. The minimum atomic E-state index is -1.26. The number of aryl methyl sites for hydroxylation is 1. The first-order valence-corrected chi connectivity index (χ1v) is 15.5. The van der Waals surface area contributed by atoms with Gasteiger partial charge in [-0.05, 0) is 82.8 Å². The number of likely N-dealkylation sites (tertiary alicyclic amines) is 2. The summed E-state index contributed by atoms with van der Waals surface area (Å²) >= 11 is 3.52. The smallest absolute Gasteiger partial charge is 0.328 e. The number of hydrogen-bond acceptors (Lipinski definition) is 7. The highest BCUT2D eigenvalue weighted by molar-refractivity contribution is 9.10. The zero-order valence-electron chi connectivity index (χ0n) is 25.7. The van der Waals surface area contributed by atoms with E-state index in [1.54, 1.807) is 13.0 Å². The normalized spacial score (nSPS) is 17.6. The predicted molar refractivity (Wildman–Crippen MR) is 169 cm³/mol. The SMILES string of the molecule is CCO/N=C(/c1ccc(Br)cc1)C1CCN(C2(C)CCN(C(=O)c3c(C)cc[n+]([O-])c3C)CC2)CC1.O=C(O)/C=C/C(=O)O. The quantitative estimate of drug-likeness (QED) is 0.136. The number of carbonyl (C=O) groups excluding carboxylic acids is 1. The minimum Gasteiger partial charge on any atom is -0.618 e. The Morgan fingerprint density at radius 3 is 2.14 bits per heavy atom. The third-order valence-electron chi connectivity index (χ3n) is 8.33. The van der Waals surface area contributed by atoms with Crippen LogP contribution in [0.5, 0.6) is 0 Å². The molecule has 0 bridgehead atoms. The van der Waals surface area contributed by atoms with E-state index in [0.717, 1.165) is 64.8 Å². The summed E-state index contributed by atoms with van der Waals surface area (Å²) in [5.74, 6) is -2.18. The second-order valence-electron chi connectivity index (χ2n) is 11.2. The van der Waals surface area contributed by atoms with Crippen molar-refractivity contribution < 1.29 is 34.2 Å². The number of carboxylic acid groups (broad SMARTS) is 2. The van der Waals surface area contributed by atoms with Crippen molar-refractivity contribution in [1.82, 2.24) is 9.80 Å². The van der Waals surface area contributed by atoms with Crippen LogP contribution in [0.15, 0.2) is 58.3 Å². The first kappa shape index (κ1) is 34.7. The minimum absolute atomic E-state index is 0.0257. The van der Waals surface area contributed by atoms with Crippen LogP contribution < -0.4 is 4.73 Å². The van der Waals surface area contributed by atoms with Crippen LogP contribution >= 0.6 is 15.9 Å². The molecular formula is C32H41BrN4O7. The molecule has 1 aromatic heterocycles. The average Bonchev–Trinajstić information content (AvgIpc) is 3.00. The van der Waals surface area contributed by atoms with E-state index in [2.05, 4.69) is 57.2 Å². The van der Waals surface area contributed by atoms with E-state index in [4.69, 9.17) is 15.1 Å². The summed E-state index contributed by atoms with van der Waals surface area (Å²) < 4.78 is 1.84. The number of oxime groups is 1. The number of aromatic nitrogens is 1. The summed E-state index contributed by atoms with van der Waals surface area (Å²) in [7, 11) is 0. The van der Waals surface area contributed by atoms with Gasteiger partial charge in [0.1, 0.15) is 12.2 Å². The maximum Gasteiger partial charge on any atom is 0.328 e. The Morgan fingerprint density at radius 2 is 1.61 bits per heavy atom. The molecule has 0 aliphatic carbocycles. The van der Waals surface area contributed by atoms with Gasteiger partial charge in [-0.25, -0.2) is 9.59 Å². The van der Waals surface area contributed by atoms with E-state index >= 15 is 0 Å². The maximum absolute atomic E-state index is 13.3. The molecule has 0 radical (unpaired) electrons. The molecule has 0 unspecified atom stereocenters. The van der Waals surface area contributed by atoms with Crippen LogP contribution in [0.4, 0.5) is 0 Å². The summed E-state index contributed by atoms with van der Waals surface area (Å²) in [6.45, 7) is 11.9. The number of rotatable bonds is 8. The highest BCUT2D eigenvalue weighted by Gasteiger charge is 2.40. The van der Waals surface area contributed by atoms with Gasteiger partial charge in [0.2, 0.25) is 5.69 Å². The number of halogens is 1. The molecule has 1 amide bonds. The summed E-state index contributed by atoms with van der Waals surface area (Å²) in [4.78, 5) is 42.4. The Balaban J connectivity index is 0.000000583. The van der Waals surface area contributed by atoms with Gasteiger partial charge in [0.05, 0.1) is 5.71 Å². The predicted octanol–water partition coefficient (Wildman–Crippen LogP) is 4.56. The van der Waals surface area contributed by atoms with Crippen LogP contribution in [0, 0.1) is 25.0 Å². The lowest BCUT2D eigenvalue weighted by Gasteiger charge is -2.49. The fourth-order valence-electron chi connectivity index (χ4n) is 5.71. The van der Waals surface area contributed by atoms with Gasteiger partial charge in [0.15, 0.2) is 6.20 Å². The first-order chi connectivity index (χ1) is 20.9. The van der Waals surface area contributed by atoms with Gasteiger partial charge in [-0.1, -0.05) is 33.2 Å². The standard InChI is InChI=1S/C28H37BrN4O3.C4H4O4/c1-5-36-30-26(22-6-8-24(29)9-7-22)23-11-15-32(16-12-23)28(4)13-18-31(19-14-28)27(34)25-20(2)10-17-33(35)21(25)3;5-3(6)1-2-4(7)8/h6-10,17,23H,5,11-16,18-19H2,1-4H3;1-2H,(H,5,6)(H,7,8)/b30-26-;2-1+. The molecule has 11 nitrogen and oxygen atoms in total. The number of aliphatic carboxylic acids is 2. The highest BCUT2D eigenvalue weighted by atomic mass is 79.9. The average molecular weight is 674 g/mol. The van der Waals surface area contributed by atoms with Crippen LogP contribution in [0.1, 0.15) is 66.7 Å². The molecule has 2 aromatic rings. The molecule has 12 heteroatoms. The van der Waals surface area contributed by atoms with E-state index < -0.39 is 11.9 Å². The summed E-state index contributed by atoms with van der Waals surface area (Å²) in [5.41, 5.74) is 4.11. The van der Waals surface area contributed by atoms with Crippen molar-refractivity contribution >= 4 is 39.5 Å². The number of carboxylic acids is 2. The number of carbonyl (C=O) groups is 3. The van der Waals surface area contributed by atoms with E-state index in [0.29, 0.717) is 49.0 Å². The summed E-state index contributed by atoms with van der Waals surface area (Å²) in [6.07, 6.45) is 6.51. The second kappa shape index (κ2) is 15.8. The lowest BCUT2D eigenvalue weighted by molar-refractivity contribution is -0.612. The molecule has 2 fully saturated rings. The Bertz CT molecular complexity index is 1360. The Morgan fingerprint density at radius 1 is 1.05 bits per heavy atom. The fourth-order valence-corrected chi connectivity index (χ4v) is 5.98. The number of pyridine rings is 1. The van der Waals surface area contributed by atoms with Crippen molar-refractivity contribution in [2.45, 2.75) is 58.9 Å². The molecule has 2 N–H and O–H groups in total. The van der Waals surface area contributed by atoms with Crippen molar-refractivity contribution in [2.75, 3.05) is 32.8 Å².